The molecule has 0 aromatic rings. The zero-order chi connectivity index (χ0) is 2.71. The average Bonchev–Trinajstić information content (AvgIpc) is 0.918. The van der Waals surface area contributed by atoms with Crippen LogP contribution in [0.15, 0.2) is 0 Å². The maximum atomic E-state index is 7.32. The molecule has 0 bridgehead atoms. The van der Waals surface area contributed by atoms with Crippen LogP contribution in [0.25, 0.3) is 0 Å². The van der Waals surface area contributed by atoms with Gasteiger partial charge in [-0.15, -0.1) is 0 Å². The van der Waals surface area contributed by atoms with E-state index in [1.165, 1.54) is 6.92 Å². The third-order valence-corrected chi connectivity index (χ3v) is 0. The number of nitrogens with zero attached hydrogens (tertiary/aromatic N) is 1. The van der Waals surface area contributed by atoms with Crippen molar-refractivity contribution in [3.63, 3.8) is 0 Å². The standard InChI is InChI=1S/C2H3N.Mn/c1-2-3;/h1H3;/q;+3. The van der Waals surface area contributed by atoms with E-state index >= 15 is 0 Å². The molecule has 0 N–H and O–H groups in total. The summed E-state index contributed by atoms with van der Waals surface area (Å²) >= 11 is 0. The first kappa shape index (κ1) is 8.99. The predicted octanol–water partition coefficient (Wildman–Crippen LogP) is 0.527. The Hall–Kier alpha value is 0.00948. The van der Waals surface area contributed by atoms with E-state index in [1.54, 1.807) is 6.07 Å². The summed E-state index contributed by atoms with van der Waals surface area (Å²) in [5, 5.41) is 7.32. The third kappa shape index (κ3) is 22800. The second kappa shape index (κ2) is 11.9. The van der Waals surface area contributed by atoms with Crippen molar-refractivity contribution >= 4 is 0 Å². The minimum Gasteiger partial charge on any atom is -0.199 e. The molecule has 0 unspecified atom stereocenters. The summed E-state index contributed by atoms with van der Waals surface area (Å²) in [6.45, 7) is 1.43. The van der Waals surface area contributed by atoms with Gasteiger partial charge in [-0.2, -0.15) is 5.26 Å². The van der Waals surface area contributed by atoms with Crippen molar-refractivity contribution in [2.24, 2.45) is 0 Å². The van der Waals surface area contributed by atoms with E-state index in [2.05, 4.69) is 0 Å². The van der Waals surface area contributed by atoms with Crippen LogP contribution < -0.4 is 0 Å². The van der Waals surface area contributed by atoms with Gasteiger partial charge in [0.2, 0.25) is 0 Å². The van der Waals surface area contributed by atoms with Gasteiger partial charge in [-0.1, -0.05) is 0 Å². The number of rotatable bonds is 0. The molecule has 0 heterocycles. The Bertz CT molecular complexity index is 27.5. The van der Waals surface area contributed by atoms with E-state index in [4.69, 9.17) is 5.26 Å². The van der Waals surface area contributed by atoms with Crippen LogP contribution in [0.2, 0.25) is 0 Å². The van der Waals surface area contributed by atoms with E-state index in [0.717, 1.165) is 0 Å². The first-order valence-electron chi connectivity index (χ1n) is 0.724. The van der Waals surface area contributed by atoms with E-state index in [1.807, 2.05) is 0 Å². The maximum absolute atomic E-state index is 7.32. The van der Waals surface area contributed by atoms with Gasteiger partial charge in [-0.25, -0.2) is 0 Å². The van der Waals surface area contributed by atoms with Gasteiger partial charge in [0.1, 0.15) is 0 Å². The molecule has 0 aliphatic rings. The topological polar surface area (TPSA) is 23.8 Å². The molecular weight excluding hydrogens is 93.0 g/mol. The van der Waals surface area contributed by atoms with Gasteiger partial charge in [0.25, 0.3) is 0 Å². The molecule has 0 amide bonds. The molecule has 1 nitrogen and oxygen atoms in total. The molecule has 2 heteroatoms. The van der Waals surface area contributed by atoms with Crippen LogP contribution in [-0.2, 0) is 17.1 Å². The van der Waals surface area contributed by atoms with Crippen LogP contribution in [0.4, 0.5) is 0 Å². The van der Waals surface area contributed by atoms with Crippen LogP contribution in [0.3, 0.4) is 0 Å². The Morgan fingerprint density at radius 1 is 1.75 bits per heavy atom. The summed E-state index contributed by atoms with van der Waals surface area (Å²) in [4.78, 5) is 0. The first-order valence-corrected chi connectivity index (χ1v) is 0.724. The quantitative estimate of drug-likeness (QED) is 0.403. The molecular formula is C2H3MnN+3. The summed E-state index contributed by atoms with van der Waals surface area (Å²) in [6, 6.07) is 1.75. The van der Waals surface area contributed by atoms with Crippen LogP contribution in [0.1, 0.15) is 6.92 Å². The second-order valence-electron chi connectivity index (χ2n) is 0.224. The molecule has 0 saturated heterocycles. The van der Waals surface area contributed by atoms with E-state index < -0.39 is 0 Å². The molecule has 0 aliphatic carbocycles. The van der Waals surface area contributed by atoms with Crippen LogP contribution >= 0.6 is 0 Å². The Labute approximate surface area is 36.1 Å². The zero-order valence-corrected chi connectivity index (χ0v) is 3.51. The van der Waals surface area contributed by atoms with Crippen molar-refractivity contribution in [3.05, 3.63) is 0 Å². The van der Waals surface area contributed by atoms with Gasteiger partial charge in [-0.3, -0.25) is 0 Å². The summed E-state index contributed by atoms with van der Waals surface area (Å²) < 4.78 is 0. The molecule has 0 atom stereocenters. The van der Waals surface area contributed by atoms with E-state index in [0.29, 0.717) is 0 Å². The van der Waals surface area contributed by atoms with Gasteiger partial charge in [0.15, 0.2) is 0 Å². The maximum Gasteiger partial charge on any atom is 3.00 e. The molecule has 0 aromatic heterocycles. The van der Waals surface area contributed by atoms with Gasteiger partial charge in [0.05, 0.1) is 6.07 Å². The van der Waals surface area contributed by atoms with Crippen molar-refractivity contribution in [2.75, 3.05) is 0 Å². The Kier molecular flexibility index (Phi) is 26.8. The predicted molar refractivity (Wildman–Crippen MR) is 11.3 cm³/mol. The fourth-order valence-corrected chi connectivity index (χ4v) is 0. The summed E-state index contributed by atoms with van der Waals surface area (Å²) in [6.07, 6.45) is 0. The second-order valence-corrected chi connectivity index (χ2v) is 0.224. The number of nitriles is 1. The van der Waals surface area contributed by atoms with Crippen LogP contribution in [-0.4, -0.2) is 0 Å². The number of hydrogen-bond donors (Lipinski definition) is 0. The molecule has 0 aliphatic heterocycles. The molecule has 0 aromatic carbocycles. The minimum absolute atomic E-state index is 0. The van der Waals surface area contributed by atoms with Crippen molar-refractivity contribution in [3.8, 4) is 6.07 Å². The molecule has 4 heavy (non-hydrogen) atoms. The fourth-order valence-electron chi connectivity index (χ4n) is 0. The van der Waals surface area contributed by atoms with Crippen LogP contribution in [0, 0.1) is 11.3 Å². The molecule has 0 fully saturated rings. The van der Waals surface area contributed by atoms with E-state index in [-0.39, 0.29) is 17.1 Å². The molecule has 20 valence electrons. The summed E-state index contributed by atoms with van der Waals surface area (Å²) in [5.74, 6) is 0. The minimum atomic E-state index is 0. The van der Waals surface area contributed by atoms with Crippen molar-refractivity contribution in [1.29, 1.82) is 5.26 Å². The molecule has 0 radical (unpaired) electrons. The molecule has 0 saturated carbocycles. The Balaban J connectivity index is 0. The van der Waals surface area contributed by atoms with Crippen molar-refractivity contribution < 1.29 is 17.1 Å². The van der Waals surface area contributed by atoms with Gasteiger partial charge in [0, 0.05) is 6.92 Å². The SMILES string of the molecule is CC#N.[Mn+3]. The molecule has 0 rings (SSSR count). The van der Waals surface area contributed by atoms with Crippen molar-refractivity contribution in [1.82, 2.24) is 0 Å². The van der Waals surface area contributed by atoms with E-state index in [9.17, 15) is 0 Å². The third-order valence-electron chi connectivity index (χ3n) is 0. The van der Waals surface area contributed by atoms with Crippen LogP contribution in [0.5, 0.6) is 0 Å². The normalized spacial score (nSPS) is 2.00. The van der Waals surface area contributed by atoms with Gasteiger partial charge in [-0.05, 0) is 0 Å². The fraction of sp³-hybridized carbons (Fsp3) is 0.500. The van der Waals surface area contributed by atoms with Gasteiger partial charge < -0.3 is 0 Å². The zero-order valence-electron chi connectivity index (χ0n) is 2.33. The monoisotopic (exact) mass is 96.0 g/mol. The summed E-state index contributed by atoms with van der Waals surface area (Å²) in [7, 11) is 0. The van der Waals surface area contributed by atoms with Gasteiger partial charge >= 0.3 is 17.1 Å². The average molecular weight is 96.0 g/mol. The number of hydrogen-bond acceptors (Lipinski definition) is 1. The molecule has 0 spiro atoms. The Morgan fingerprint density at radius 3 is 1.75 bits per heavy atom. The van der Waals surface area contributed by atoms with Crippen molar-refractivity contribution in [2.45, 2.75) is 6.92 Å². The largest absolute Gasteiger partial charge is 3.00 e. The Morgan fingerprint density at radius 2 is 1.75 bits per heavy atom. The smallest absolute Gasteiger partial charge is 0.199 e. The first-order chi connectivity index (χ1) is 1.41. The summed E-state index contributed by atoms with van der Waals surface area (Å²) in [5.41, 5.74) is 0.